The van der Waals surface area contributed by atoms with E-state index in [4.69, 9.17) is 0 Å². The van der Waals surface area contributed by atoms with Gasteiger partial charge in [-0.05, 0) is 52.6 Å². The van der Waals surface area contributed by atoms with E-state index in [1.54, 1.807) is 6.07 Å². The van der Waals surface area contributed by atoms with Crippen molar-refractivity contribution in [3.8, 4) is 0 Å². The van der Waals surface area contributed by atoms with Crippen LogP contribution in [0.15, 0.2) is 54.6 Å². The molecule has 0 unspecified atom stereocenters. The molecule has 134 valence electrons. The molecule has 0 fully saturated rings. The average Bonchev–Trinajstić information content (AvgIpc) is 3.10. The molecule has 2 N–H and O–H groups in total. The highest BCUT2D eigenvalue weighted by Gasteiger charge is 2.38. The van der Waals surface area contributed by atoms with Crippen molar-refractivity contribution < 1.29 is 9.90 Å². The summed E-state index contributed by atoms with van der Waals surface area (Å²) in [6, 6.07) is 14.6. The third-order valence-corrected chi connectivity index (χ3v) is 5.75. The van der Waals surface area contributed by atoms with Crippen LogP contribution < -0.4 is 5.32 Å². The zero-order valence-corrected chi connectivity index (χ0v) is 15.5. The molecule has 0 radical (unpaired) electrons. The molecule has 2 aliphatic rings. The lowest BCUT2D eigenvalue weighted by molar-refractivity contribution is 0.0696. The molecule has 0 amide bonds. The molecular weight excluding hydrogens is 322 g/mol. The number of rotatable bonds is 2. The number of anilines is 1. The maximum Gasteiger partial charge on any atom is 0.335 e. The van der Waals surface area contributed by atoms with Crippen molar-refractivity contribution in [3.05, 3.63) is 76.9 Å². The second-order valence-corrected chi connectivity index (χ2v) is 8.45. The molecule has 0 aromatic heterocycles. The van der Waals surface area contributed by atoms with Crippen LogP contribution in [0.3, 0.4) is 0 Å². The highest BCUT2D eigenvalue weighted by atomic mass is 16.4. The number of aromatic carboxylic acids is 1. The second-order valence-electron chi connectivity index (χ2n) is 8.45. The molecule has 2 aromatic carbocycles. The molecule has 1 aliphatic carbocycles. The Kier molecular flexibility index (Phi) is 3.91. The maximum absolute atomic E-state index is 11.3. The van der Waals surface area contributed by atoms with Crippen molar-refractivity contribution in [2.75, 3.05) is 5.32 Å². The van der Waals surface area contributed by atoms with Gasteiger partial charge in [0.15, 0.2) is 0 Å². The van der Waals surface area contributed by atoms with Gasteiger partial charge in [0.05, 0.1) is 11.6 Å². The van der Waals surface area contributed by atoms with Crippen molar-refractivity contribution >= 4 is 11.7 Å². The molecule has 3 atom stereocenters. The lowest BCUT2D eigenvalue weighted by Gasteiger charge is -2.38. The monoisotopic (exact) mass is 347 g/mol. The van der Waals surface area contributed by atoms with Gasteiger partial charge >= 0.3 is 5.97 Å². The van der Waals surface area contributed by atoms with Gasteiger partial charge in [-0.15, -0.1) is 0 Å². The van der Waals surface area contributed by atoms with Gasteiger partial charge in [-0.25, -0.2) is 4.79 Å². The summed E-state index contributed by atoms with van der Waals surface area (Å²) in [5.74, 6) is -0.170. The Morgan fingerprint density at radius 1 is 1.12 bits per heavy atom. The van der Waals surface area contributed by atoms with Gasteiger partial charge in [-0.2, -0.15) is 0 Å². The summed E-state index contributed by atoms with van der Waals surface area (Å²) in [4.78, 5) is 11.3. The van der Waals surface area contributed by atoms with Crippen molar-refractivity contribution in [2.45, 2.75) is 44.6 Å². The summed E-state index contributed by atoms with van der Waals surface area (Å²) in [5, 5.41) is 13.0. The quantitative estimate of drug-likeness (QED) is 0.704. The van der Waals surface area contributed by atoms with Crippen molar-refractivity contribution in [3.63, 3.8) is 0 Å². The third-order valence-electron chi connectivity index (χ3n) is 5.75. The number of hydrogen-bond acceptors (Lipinski definition) is 2. The van der Waals surface area contributed by atoms with E-state index >= 15 is 0 Å². The zero-order chi connectivity index (χ0) is 18.5. The largest absolute Gasteiger partial charge is 0.478 e. The second kappa shape index (κ2) is 6.01. The molecule has 1 heterocycles. The van der Waals surface area contributed by atoms with E-state index < -0.39 is 5.97 Å². The van der Waals surface area contributed by atoms with Gasteiger partial charge in [0, 0.05) is 11.6 Å². The number of hydrogen-bond donors (Lipinski definition) is 2. The molecule has 0 saturated heterocycles. The van der Waals surface area contributed by atoms with Gasteiger partial charge in [-0.1, -0.05) is 57.2 Å². The summed E-state index contributed by atoms with van der Waals surface area (Å²) >= 11 is 0. The van der Waals surface area contributed by atoms with Gasteiger partial charge < -0.3 is 10.4 Å². The van der Waals surface area contributed by atoms with Gasteiger partial charge in [0.2, 0.25) is 0 Å². The standard InChI is InChI=1S/C23H25NO2/c1-23(2,3)16-10-7-14(8-11-16)21-18-6-4-5-17(18)19-13-15(22(25)26)9-12-20(19)24-21/h4-5,7-13,17-18,21,24H,6H2,1-3H3,(H,25,26)/t17-,18+,21+/m1/s1. The number of nitrogens with one attached hydrogen (secondary N) is 1. The molecule has 4 rings (SSSR count). The topological polar surface area (TPSA) is 49.3 Å². The molecule has 0 spiro atoms. The Morgan fingerprint density at radius 3 is 2.50 bits per heavy atom. The lowest BCUT2D eigenvalue weighted by atomic mass is 9.76. The number of carboxylic acid groups (broad SMARTS) is 1. The van der Waals surface area contributed by atoms with Crippen LogP contribution in [0.25, 0.3) is 0 Å². The highest BCUT2D eigenvalue weighted by Crippen LogP contribution is 2.50. The first-order valence-corrected chi connectivity index (χ1v) is 9.25. The van der Waals surface area contributed by atoms with E-state index in [2.05, 4.69) is 62.5 Å². The molecule has 0 bridgehead atoms. The van der Waals surface area contributed by atoms with E-state index in [1.165, 1.54) is 11.1 Å². The SMILES string of the molecule is CC(C)(C)c1ccc([C@@H]2Nc3ccc(C(=O)O)cc3[C@@H]3C=CC[C@@H]32)cc1. The molecule has 26 heavy (non-hydrogen) atoms. The summed E-state index contributed by atoms with van der Waals surface area (Å²) in [6.07, 6.45) is 5.49. The van der Waals surface area contributed by atoms with Crippen LogP contribution in [-0.4, -0.2) is 11.1 Å². The first-order valence-electron chi connectivity index (χ1n) is 9.25. The lowest BCUT2D eigenvalue weighted by Crippen LogP contribution is -2.29. The number of fused-ring (bicyclic) bond motifs is 3. The fraction of sp³-hybridized carbons (Fsp3) is 0.348. The minimum Gasteiger partial charge on any atom is -0.478 e. The molecule has 0 saturated carbocycles. The van der Waals surface area contributed by atoms with Crippen molar-refractivity contribution in [2.24, 2.45) is 5.92 Å². The smallest absolute Gasteiger partial charge is 0.335 e. The number of carboxylic acids is 1. The molecular formula is C23H25NO2. The average molecular weight is 347 g/mol. The Balaban J connectivity index is 1.70. The Labute approximate surface area is 154 Å². The summed E-state index contributed by atoms with van der Waals surface area (Å²) in [7, 11) is 0. The van der Waals surface area contributed by atoms with Gasteiger partial charge in [-0.3, -0.25) is 0 Å². The van der Waals surface area contributed by atoms with Gasteiger partial charge in [0.25, 0.3) is 0 Å². The Hall–Kier alpha value is -2.55. The fourth-order valence-electron chi connectivity index (χ4n) is 4.25. The third kappa shape index (κ3) is 2.82. The van der Waals surface area contributed by atoms with Crippen LogP contribution >= 0.6 is 0 Å². The van der Waals surface area contributed by atoms with Crippen LogP contribution in [0.1, 0.15) is 66.2 Å². The number of carbonyl (C=O) groups is 1. The first-order chi connectivity index (χ1) is 12.3. The van der Waals surface area contributed by atoms with E-state index in [1.807, 2.05) is 12.1 Å². The van der Waals surface area contributed by atoms with Crippen LogP contribution in [0, 0.1) is 5.92 Å². The van der Waals surface area contributed by atoms with E-state index in [0.717, 1.165) is 17.7 Å². The zero-order valence-electron chi connectivity index (χ0n) is 15.5. The fourth-order valence-corrected chi connectivity index (χ4v) is 4.25. The van der Waals surface area contributed by atoms with Crippen molar-refractivity contribution in [1.29, 1.82) is 0 Å². The van der Waals surface area contributed by atoms with E-state index in [0.29, 0.717) is 11.5 Å². The minimum atomic E-state index is -0.869. The predicted octanol–water partition coefficient (Wildman–Crippen LogP) is 5.51. The number of allylic oxidation sites excluding steroid dienone is 2. The van der Waals surface area contributed by atoms with Crippen LogP contribution in [-0.2, 0) is 5.41 Å². The Morgan fingerprint density at radius 2 is 1.85 bits per heavy atom. The normalized spacial score (nSPS) is 23.9. The number of benzene rings is 2. The van der Waals surface area contributed by atoms with Crippen molar-refractivity contribution in [1.82, 2.24) is 0 Å². The first kappa shape index (κ1) is 16.9. The predicted molar refractivity (Wildman–Crippen MR) is 105 cm³/mol. The molecule has 3 heteroatoms. The summed E-state index contributed by atoms with van der Waals surface area (Å²) in [5.41, 5.74) is 5.29. The highest BCUT2D eigenvalue weighted by molar-refractivity contribution is 5.89. The molecule has 2 aromatic rings. The van der Waals surface area contributed by atoms with Crippen LogP contribution in [0.5, 0.6) is 0 Å². The molecule has 1 aliphatic heterocycles. The van der Waals surface area contributed by atoms with Crippen LogP contribution in [0.2, 0.25) is 0 Å². The Bertz CT molecular complexity index is 874. The van der Waals surface area contributed by atoms with E-state index in [9.17, 15) is 9.90 Å². The maximum atomic E-state index is 11.3. The summed E-state index contributed by atoms with van der Waals surface area (Å²) < 4.78 is 0. The molecule has 3 nitrogen and oxygen atoms in total. The van der Waals surface area contributed by atoms with Gasteiger partial charge in [0.1, 0.15) is 0 Å². The van der Waals surface area contributed by atoms with Crippen LogP contribution in [0.4, 0.5) is 5.69 Å². The summed E-state index contributed by atoms with van der Waals surface area (Å²) in [6.45, 7) is 6.69. The minimum absolute atomic E-state index is 0.149. The van der Waals surface area contributed by atoms with E-state index in [-0.39, 0.29) is 17.4 Å².